The molecule has 1 unspecified atom stereocenters. The Bertz CT molecular complexity index is 274. The van der Waals surface area contributed by atoms with Gasteiger partial charge in [0.2, 0.25) is 0 Å². The lowest BCUT2D eigenvalue weighted by molar-refractivity contribution is -0.146. The number of esters is 1. The molecule has 2 nitrogen and oxygen atoms in total. The van der Waals surface area contributed by atoms with Crippen molar-refractivity contribution in [2.24, 2.45) is 5.92 Å². The normalized spacial score (nSPS) is 21.5. The SMILES string of the molecule is CCCCOC(=O)C1CCCC(=S)C1=S. The Morgan fingerprint density at radius 3 is 2.93 bits per heavy atom. The van der Waals surface area contributed by atoms with Crippen molar-refractivity contribution in [1.82, 2.24) is 0 Å². The fourth-order valence-corrected chi connectivity index (χ4v) is 2.16. The Morgan fingerprint density at radius 2 is 2.27 bits per heavy atom. The third-order valence-corrected chi connectivity index (χ3v) is 3.60. The predicted molar refractivity (Wildman–Crippen MR) is 68.4 cm³/mol. The van der Waals surface area contributed by atoms with Crippen LogP contribution in [0.2, 0.25) is 0 Å². The minimum absolute atomic E-state index is 0.185. The minimum atomic E-state index is -0.252. The maximum Gasteiger partial charge on any atom is 0.314 e. The highest BCUT2D eigenvalue weighted by Crippen LogP contribution is 2.22. The lowest BCUT2D eigenvalue weighted by atomic mass is 9.89. The Kier molecular flexibility index (Phi) is 5.32. The highest BCUT2D eigenvalue weighted by Gasteiger charge is 2.30. The van der Waals surface area contributed by atoms with E-state index in [9.17, 15) is 4.79 Å². The lowest BCUT2D eigenvalue weighted by Crippen LogP contribution is -2.33. The van der Waals surface area contributed by atoms with Crippen LogP contribution in [0.3, 0.4) is 0 Å². The van der Waals surface area contributed by atoms with Gasteiger partial charge in [-0.25, -0.2) is 0 Å². The highest BCUT2D eigenvalue weighted by molar-refractivity contribution is 7.89. The molecule has 0 amide bonds. The summed E-state index contributed by atoms with van der Waals surface area (Å²) >= 11 is 10.3. The van der Waals surface area contributed by atoms with Gasteiger partial charge in [-0.3, -0.25) is 4.79 Å². The summed E-state index contributed by atoms with van der Waals surface area (Å²) < 4.78 is 5.15. The van der Waals surface area contributed by atoms with Crippen molar-refractivity contribution in [3.63, 3.8) is 0 Å². The van der Waals surface area contributed by atoms with Crippen molar-refractivity contribution in [3.8, 4) is 0 Å². The summed E-state index contributed by atoms with van der Waals surface area (Å²) in [5, 5.41) is 0. The molecule has 0 aliphatic heterocycles. The monoisotopic (exact) mass is 244 g/mol. The van der Waals surface area contributed by atoms with E-state index in [-0.39, 0.29) is 11.9 Å². The minimum Gasteiger partial charge on any atom is -0.465 e. The fourth-order valence-electron chi connectivity index (χ4n) is 1.56. The van der Waals surface area contributed by atoms with Gasteiger partial charge in [0.25, 0.3) is 0 Å². The largest absolute Gasteiger partial charge is 0.465 e. The molecule has 15 heavy (non-hydrogen) atoms. The zero-order chi connectivity index (χ0) is 11.3. The number of thiocarbonyl (C=S) groups is 2. The Morgan fingerprint density at radius 1 is 1.53 bits per heavy atom. The molecule has 4 heteroatoms. The predicted octanol–water partition coefficient (Wildman–Crippen LogP) is 2.87. The molecule has 1 aliphatic rings. The van der Waals surface area contributed by atoms with Gasteiger partial charge in [0.15, 0.2) is 0 Å². The lowest BCUT2D eigenvalue weighted by Gasteiger charge is -2.22. The molecular weight excluding hydrogens is 228 g/mol. The fraction of sp³-hybridized carbons (Fsp3) is 0.727. The molecule has 0 aromatic heterocycles. The summed E-state index contributed by atoms with van der Waals surface area (Å²) in [5.74, 6) is -0.436. The van der Waals surface area contributed by atoms with Gasteiger partial charge in [-0.2, -0.15) is 0 Å². The topological polar surface area (TPSA) is 26.3 Å². The standard InChI is InChI=1S/C11H16O2S2/c1-2-3-7-13-11(12)8-5-4-6-9(14)10(8)15/h8H,2-7H2,1H3. The van der Waals surface area contributed by atoms with E-state index in [1.54, 1.807) is 0 Å². The summed E-state index contributed by atoms with van der Waals surface area (Å²) in [6.07, 6.45) is 4.54. The first-order valence-electron chi connectivity index (χ1n) is 5.40. The molecule has 84 valence electrons. The molecule has 1 atom stereocenters. The van der Waals surface area contributed by atoms with E-state index < -0.39 is 0 Å². The zero-order valence-electron chi connectivity index (χ0n) is 8.95. The van der Waals surface area contributed by atoms with Crippen LogP contribution in [0.25, 0.3) is 0 Å². The zero-order valence-corrected chi connectivity index (χ0v) is 10.6. The van der Waals surface area contributed by atoms with E-state index in [0.717, 1.165) is 37.0 Å². The van der Waals surface area contributed by atoms with E-state index in [1.165, 1.54) is 0 Å². The molecule has 0 saturated heterocycles. The maximum atomic E-state index is 11.7. The molecule has 0 aromatic carbocycles. The van der Waals surface area contributed by atoms with E-state index in [4.69, 9.17) is 29.2 Å². The van der Waals surface area contributed by atoms with Gasteiger partial charge in [-0.1, -0.05) is 37.8 Å². The van der Waals surface area contributed by atoms with Crippen molar-refractivity contribution in [3.05, 3.63) is 0 Å². The average Bonchev–Trinajstić information content (AvgIpc) is 2.22. The molecule has 0 heterocycles. The summed E-state index contributed by atoms with van der Waals surface area (Å²) in [5.41, 5.74) is 0. The van der Waals surface area contributed by atoms with Crippen LogP contribution in [-0.2, 0) is 9.53 Å². The smallest absolute Gasteiger partial charge is 0.314 e. The summed E-state index contributed by atoms with van der Waals surface area (Å²) in [6.45, 7) is 2.56. The quantitative estimate of drug-likeness (QED) is 0.431. The molecule has 1 saturated carbocycles. The second-order valence-electron chi connectivity index (χ2n) is 3.75. The second kappa shape index (κ2) is 6.28. The number of hydrogen-bond donors (Lipinski definition) is 0. The molecule has 0 aromatic rings. The molecule has 0 radical (unpaired) electrons. The Balaban J connectivity index is 2.44. The summed E-state index contributed by atoms with van der Waals surface area (Å²) in [7, 11) is 0. The average molecular weight is 244 g/mol. The molecule has 1 aliphatic carbocycles. The second-order valence-corrected chi connectivity index (χ2v) is 4.69. The Hall–Kier alpha value is -0.350. The van der Waals surface area contributed by atoms with Gasteiger partial charge in [0.1, 0.15) is 0 Å². The van der Waals surface area contributed by atoms with Gasteiger partial charge in [0.05, 0.1) is 12.5 Å². The number of carbonyl (C=O) groups is 1. The van der Waals surface area contributed by atoms with Crippen molar-refractivity contribution < 1.29 is 9.53 Å². The van der Waals surface area contributed by atoms with E-state index in [0.29, 0.717) is 11.5 Å². The van der Waals surface area contributed by atoms with Gasteiger partial charge < -0.3 is 4.74 Å². The van der Waals surface area contributed by atoms with Crippen molar-refractivity contribution in [2.45, 2.75) is 39.0 Å². The van der Waals surface area contributed by atoms with Gasteiger partial charge in [-0.05, 0) is 25.7 Å². The van der Waals surface area contributed by atoms with Crippen LogP contribution >= 0.6 is 24.4 Å². The molecule has 1 rings (SSSR count). The van der Waals surface area contributed by atoms with Crippen LogP contribution in [0, 0.1) is 5.92 Å². The van der Waals surface area contributed by atoms with Crippen molar-refractivity contribution in [2.75, 3.05) is 6.61 Å². The van der Waals surface area contributed by atoms with E-state index >= 15 is 0 Å². The first-order chi connectivity index (χ1) is 7.16. The number of unbranched alkanes of at least 4 members (excludes halogenated alkanes) is 1. The van der Waals surface area contributed by atoms with E-state index in [2.05, 4.69) is 6.92 Å². The molecule has 0 N–H and O–H groups in total. The van der Waals surface area contributed by atoms with Crippen LogP contribution in [0.15, 0.2) is 0 Å². The third kappa shape index (κ3) is 3.61. The molecule has 0 bridgehead atoms. The van der Waals surface area contributed by atoms with Crippen LogP contribution in [0.4, 0.5) is 0 Å². The number of rotatable bonds is 4. The van der Waals surface area contributed by atoms with Gasteiger partial charge in [-0.15, -0.1) is 0 Å². The van der Waals surface area contributed by atoms with Crippen LogP contribution in [0.1, 0.15) is 39.0 Å². The van der Waals surface area contributed by atoms with Crippen LogP contribution in [0.5, 0.6) is 0 Å². The highest BCUT2D eigenvalue weighted by atomic mass is 32.1. The van der Waals surface area contributed by atoms with Gasteiger partial charge in [0, 0.05) is 9.73 Å². The first-order valence-corrected chi connectivity index (χ1v) is 6.22. The maximum absolute atomic E-state index is 11.7. The number of carbonyl (C=O) groups excluding carboxylic acids is 1. The van der Waals surface area contributed by atoms with E-state index in [1.807, 2.05) is 0 Å². The number of hydrogen-bond acceptors (Lipinski definition) is 4. The molecule has 1 fully saturated rings. The van der Waals surface area contributed by atoms with Crippen molar-refractivity contribution in [1.29, 1.82) is 0 Å². The third-order valence-electron chi connectivity index (χ3n) is 2.51. The van der Waals surface area contributed by atoms with Gasteiger partial charge >= 0.3 is 5.97 Å². The molecular formula is C11H16O2S2. The van der Waals surface area contributed by atoms with Crippen LogP contribution in [-0.4, -0.2) is 22.3 Å². The Labute approximate surface area is 101 Å². The first kappa shape index (κ1) is 12.7. The van der Waals surface area contributed by atoms with Crippen LogP contribution < -0.4 is 0 Å². The number of ether oxygens (including phenoxy) is 1. The summed E-state index contributed by atoms with van der Waals surface area (Å²) in [6, 6.07) is 0. The summed E-state index contributed by atoms with van der Waals surface area (Å²) in [4.78, 5) is 13.1. The van der Waals surface area contributed by atoms with Crippen molar-refractivity contribution >= 4 is 40.1 Å². The molecule has 0 spiro atoms.